The van der Waals surface area contributed by atoms with Gasteiger partial charge in [0.1, 0.15) is 11.9 Å². The van der Waals surface area contributed by atoms with Gasteiger partial charge >= 0.3 is 0 Å². The Hall–Kier alpha value is -2.03. The minimum absolute atomic E-state index is 0.134. The van der Waals surface area contributed by atoms with Gasteiger partial charge in [0, 0.05) is 50.7 Å². The number of nitrogens with zero attached hydrogens (tertiary/aromatic N) is 3. The zero-order valence-electron chi connectivity index (χ0n) is 18.0. The number of ether oxygens (including phenoxy) is 1. The maximum Gasteiger partial charge on any atom is 0.145 e. The number of β-amino-alcohol motifs (C(OH)–C–C–N with tert-alkyl or cyclic N) is 1. The summed E-state index contributed by atoms with van der Waals surface area (Å²) in [5.74, 6) is -0.262. The highest BCUT2D eigenvalue weighted by Crippen LogP contribution is 2.20. The van der Waals surface area contributed by atoms with Gasteiger partial charge in [-0.15, -0.1) is 0 Å². The zero-order valence-corrected chi connectivity index (χ0v) is 18.8. The lowest BCUT2D eigenvalue weighted by Gasteiger charge is -2.31. The maximum absolute atomic E-state index is 13.7. The summed E-state index contributed by atoms with van der Waals surface area (Å²) in [7, 11) is 0. The molecule has 0 saturated carbocycles. The van der Waals surface area contributed by atoms with Crippen LogP contribution in [-0.4, -0.2) is 78.8 Å². The van der Waals surface area contributed by atoms with Crippen molar-refractivity contribution in [1.82, 2.24) is 9.80 Å². The van der Waals surface area contributed by atoms with Crippen molar-refractivity contribution in [1.29, 1.82) is 0 Å². The molecule has 2 atom stereocenters. The van der Waals surface area contributed by atoms with E-state index >= 15 is 0 Å². The molecule has 172 valence electrons. The predicted molar refractivity (Wildman–Crippen MR) is 122 cm³/mol. The highest BCUT2D eigenvalue weighted by Gasteiger charge is 2.26. The number of hydrogen-bond donors (Lipinski definition) is 1. The molecular formula is C24H29ClFN3O3. The molecular weight excluding hydrogens is 433 g/mol. The first-order chi connectivity index (χ1) is 15.5. The Morgan fingerprint density at radius 3 is 2.72 bits per heavy atom. The maximum atomic E-state index is 13.7. The molecule has 0 aromatic heterocycles. The number of hydrogen-bond acceptors (Lipinski definition) is 6. The first kappa shape index (κ1) is 23.1. The Balaban J connectivity index is 1.37. The molecule has 4 rings (SSSR count). The van der Waals surface area contributed by atoms with Crippen LogP contribution in [0.5, 0.6) is 0 Å². The molecule has 0 bridgehead atoms. The molecule has 1 N–H and O–H groups in total. The van der Waals surface area contributed by atoms with Gasteiger partial charge in [-0.3, -0.25) is 9.80 Å². The normalized spacial score (nSPS) is 20.2. The van der Waals surface area contributed by atoms with E-state index in [2.05, 4.69) is 15.0 Å². The lowest BCUT2D eigenvalue weighted by Crippen LogP contribution is -2.45. The average Bonchev–Trinajstić information content (AvgIpc) is 3.23. The van der Waals surface area contributed by atoms with Gasteiger partial charge in [0.2, 0.25) is 0 Å². The second-order valence-electron chi connectivity index (χ2n) is 8.37. The van der Waals surface area contributed by atoms with Crippen molar-refractivity contribution < 1.29 is 19.1 Å². The van der Waals surface area contributed by atoms with Crippen LogP contribution in [-0.2, 0) is 16.1 Å². The van der Waals surface area contributed by atoms with Crippen LogP contribution in [0.15, 0.2) is 53.7 Å². The van der Waals surface area contributed by atoms with Crippen LogP contribution in [0, 0.1) is 5.82 Å². The third-order valence-electron chi connectivity index (χ3n) is 5.71. The van der Waals surface area contributed by atoms with E-state index in [4.69, 9.17) is 21.2 Å². The summed E-state index contributed by atoms with van der Waals surface area (Å²) in [4.78, 5) is 10.0. The Labute approximate surface area is 193 Å². The molecule has 0 unspecified atom stereocenters. The third kappa shape index (κ3) is 6.73. The van der Waals surface area contributed by atoms with Gasteiger partial charge in [-0.05, 0) is 35.4 Å². The summed E-state index contributed by atoms with van der Waals surface area (Å²) in [5.41, 5.74) is 2.73. The largest absolute Gasteiger partial charge is 0.390 e. The van der Waals surface area contributed by atoms with Gasteiger partial charge in [0.25, 0.3) is 0 Å². The van der Waals surface area contributed by atoms with Crippen LogP contribution in [0.2, 0.25) is 5.02 Å². The fraction of sp³-hybridized carbons (Fsp3) is 0.458. The monoisotopic (exact) mass is 461 g/mol. The molecule has 1 fully saturated rings. The molecule has 2 aliphatic heterocycles. The predicted octanol–water partition coefficient (Wildman–Crippen LogP) is 3.17. The van der Waals surface area contributed by atoms with Crippen LogP contribution in [0.3, 0.4) is 0 Å². The van der Waals surface area contributed by atoms with Gasteiger partial charge in [-0.1, -0.05) is 41.0 Å². The molecule has 2 aromatic rings. The van der Waals surface area contributed by atoms with E-state index in [0.29, 0.717) is 50.8 Å². The van der Waals surface area contributed by atoms with Gasteiger partial charge < -0.3 is 14.7 Å². The molecule has 2 aliphatic rings. The molecule has 0 aliphatic carbocycles. The van der Waals surface area contributed by atoms with E-state index in [1.54, 1.807) is 6.07 Å². The van der Waals surface area contributed by atoms with Crippen LogP contribution >= 0.6 is 11.6 Å². The number of morpholine rings is 1. The summed E-state index contributed by atoms with van der Waals surface area (Å²) in [6.45, 7) is 5.19. The Morgan fingerprint density at radius 2 is 1.97 bits per heavy atom. The topological polar surface area (TPSA) is 57.5 Å². The molecule has 0 amide bonds. The van der Waals surface area contributed by atoms with Crippen molar-refractivity contribution in [2.24, 2.45) is 5.16 Å². The number of aliphatic hydroxyl groups is 1. The van der Waals surface area contributed by atoms with Crippen molar-refractivity contribution in [2.75, 3.05) is 45.9 Å². The van der Waals surface area contributed by atoms with Crippen LogP contribution < -0.4 is 0 Å². The first-order valence-corrected chi connectivity index (χ1v) is 11.4. The SMILES string of the molecule is O[C@H](CN1CCOCC1)CN(Cc1cccc(F)c1)C[C@H]1CC(c2ccc(Cl)cc2)=NO1. The van der Waals surface area contributed by atoms with Crippen molar-refractivity contribution >= 4 is 17.3 Å². The second-order valence-corrected chi connectivity index (χ2v) is 8.80. The van der Waals surface area contributed by atoms with E-state index in [0.717, 1.165) is 29.9 Å². The minimum atomic E-state index is -0.528. The number of rotatable bonds is 9. The smallest absolute Gasteiger partial charge is 0.145 e. The highest BCUT2D eigenvalue weighted by molar-refractivity contribution is 6.30. The summed E-state index contributed by atoms with van der Waals surface area (Å²) < 4.78 is 19.1. The van der Waals surface area contributed by atoms with Gasteiger partial charge in [-0.2, -0.15) is 0 Å². The lowest BCUT2D eigenvalue weighted by molar-refractivity contribution is -0.00266. The van der Waals surface area contributed by atoms with Crippen molar-refractivity contribution in [3.8, 4) is 0 Å². The minimum Gasteiger partial charge on any atom is -0.390 e. The lowest BCUT2D eigenvalue weighted by atomic mass is 10.0. The zero-order chi connectivity index (χ0) is 22.3. The average molecular weight is 462 g/mol. The summed E-state index contributed by atoms with van der Waals surface area (Å²) in [6, 6.07) is 14.1. The number of aliphatic hydroxyl groups excluding tert-OH is 1. The Kier molecular flexibility index (Phi) is 8.10. The summed E-state index contributed by atoms with van der Waals surface area (Å²) in [5, 5.41) is 15.7. The Bertz CT molecular complexity index is 906. The molecule has 8 heteroatoms. The summed E-state index contributed by atoms with van der Waals surface area (Å²) in [6.07, 6.45) is 0.00504. The van der Waals surface area contributed by atoms with E-state index in [1.807, 2.05) is 30.3 Å². The van der Waals surface area contributed by atoms with Gasteiger partial charge in [-0.25, -0.2) is 4.39 Å². The van der Waals surface area contributed by atoms with Crippen molar-refractivity contribution in [3.63, 3.8) is 0 Å². The van der Waals surface area contributed by atoms with Crippen molar-refractivity contribution in [2.45, 2.75) is 25.2 Å². The molecule has 6 nitrogen and oxygen atoms in total. The highest BCUT2D eigenvalue weighted by atomic mass is 35.5. The standard InChI is InChI=1S/C24H29ClFN3O3/c25-20-6-4-19(5-7-20)24-13-23(32-27-24)17-29(14-18-2-1-3-21(26)12-18)16-22(30)15-28-8-10-31-11-9-28/h1-7,12,22-23,30H,8-11,13-17H2/t22-,23-/m1/s1. The fourth-order valence-corrected chi connectivity index (χ4v) is 4.29. The van der Waals surface area contributed by atoms with Crippen LogP contribution in [0.1, 0.15) is 17.5 Å². The fourth-order valence-electron chi connectivity index (χ4n) is 4.16. The van der Waals surface area contributed by atoms with Crippen molar-refractivity contribution in [3.05, 3.63) is 70.5 Å². The Morgan fingerprint density at radius 1 is 1.19 bits per heavy atom. The third-order valence-corrected chi connectivity index (χ3v) is 5.96. The molecule has 2 aromatic carbocycles. The second kappa shape index (κ2) is 11.2. The van der Waals surface area contributed by atoms with E-state index < -0.39 is 6.10 Å². The number of halogens is 2. The van der Waals surface area contributed by atoms with Gasteiger partial charge in [0.15, 0.2) is 0 Å². The van der Waals surface area contributed by atoms with Gasteiger partial charge in [0.05, 0.1) is 25.0 Å². The number of oxime groups is 1. The molecule has 0 radical (unpaired) electrons. The first-order valence-electron chi connectivity index (χ1n) is 11.0. The molecule has 0 spiro atoms. The van der Waals surface area contributed by atoms with E-state index in [-0.39, 0.29) is 11.9 Å². The van der Waals surface area contributed by atoms with Crippen LogP contribution in [0.25, 0.3) is 0 Å². The quantitative estimate of drug-likeness (QED) is 0.621. The molecule has 1 saturated heterocycles. The van der Waals surface area contributed by atoms with E-state index in [1.165, 1.54) is 12.1 Å². The van der Waals surface area contributed by atoms with E-state index in [9.17, 15) is 9.50 Å². The van der Waals surface area contributed by atoms with Crippen LogP contribution in [0.4, 0.5) is 4.39 Å². The molecule has 32 heavy (non-hydrogen) atoms. The number of benzene rings is 2. The summed E-state index contributed by atoms with van der Waals surface area (Å²) >= 11 is 5.98. The molecule has 2 heterocycles.